The quantitative estimate of drug-likeness (QED) is 0.677. The minimum Gasteiger partial charge on any atom is -0.464 e. The van der Waals surface area contributed by atoms with Crippen LogP contribution >= 0.6 is 0 Å². The molecule has 0 saturated carbocycles. The van der Waals surface area contributed by atoms with E-state index in [4.69, 9.17) is 4.74 Å². The number of nitrogens with zero attached hydrogens (tertiary/aromatic N) is 1. The zero-order chi connectivity index (χ0) is 12.8. The van der Waals surface area contributed by atoms with Gasteiger partial charge in [0.25, 0.3) is 0 Å². The highest BCUT2D eigenvalue weighted by atomic mass is 16.5. The first-order valence-corrected chi connectivity index (χ1v) is 5.79. The van der Waals surface area contributed by atoms with Crippen molar-refractivity contribution in [3.8, 4) is 0 Å². The van der Waals surface area contributed by atoms with E-state index >= 15 is 0 Å². The molecule has 0 aromatic heterocycles. The second kappa shape index (κ2) is 6.51. The Labute approximate surface area is 98.0 Å². The molecule has 0 aromatic carbocycles. The van der Waals surface area contributed by atoms with Gasteiger partial charge in [0.15, 0.2) is 0 Å². The lowest BCUT2D eigenvalue weighted by molar-refractivity contribution is -0.147. The lowest BCUT2D eigenvalue weighted by Gasteiger charge is -2.35. The summed E-state index contributed by atoms with van der Waals surface area (Å²) in [4.78, 5) is 24.4. The molecule has 0 fully saturated rings. The van der Waals surface area contributed by atoms with E-state index in [1.54, 1.807) is 11.8 Å². The lowest BCUT2D eigenvalue weighted by Crippen LogP contribution is -2.47. The molecule has 0 atom stereocenters. The van der Waals surface area contributed by atoms with Crippen LogP contribution in [-0.4, -0.2) is 35.5 Å². The molecule has 0 rings (SSSR count). The van der Waals surface area contributed by atoms with Gasteiger partial charge in [-0.25, -0.2) is 0 Å². The molecule has 0 aromatic rings. The molecule has 0 aliphatic heterocycles. The van der Waals surface area contributed by atoms with E-state index in [1.165, 1.54) is 0 Å². The van der Waals surface area contributed by atoms with E-state index < -0.39 is 0 Å². The van der Waals surface area contributed by atoms with Gasteiger partial charge in [-0.15, -0.1) is 0 Å². The van der Waals surface area contributed by atoms with E-state index in [-0.39, 0.29) is 24.0 Å². The third kappa shape index (κ3) is 5.14. The fourth-order valence-electron chi connectivity index (χ4n) is 1.38. The molecule has 1 amide bonds. The Balaban J connectivity index is 4.24. The van der Waals surface area contributed by atoms with Crippen molar-refractivity contribution in [1.82, 2.24) is 4.90 Å². The lowest BCUT2D eigenvalue weighted by atomic mass is 10.1. The van der Waals surface area contributed by atoms with Crippen LogP contribution in [0.25, 0.3) is 0 Å². The van der Waals surface area contributed by atoms with Crippen molar-refractivity contribution in [2.24, 2.45) is 0 Å². The number of rotatable bonds is 5. The van der Waals surface area contributed by atoms with Crippen molar-refractivity contribution in [2.45, 2.75) is 53.0 Å². The molecule has 16 heavy (non-hydrogen) atoms. The summed E-state index contributed by atoms with van der Waals surface area (Å²) in [5, 5.41) is 0. The summed E-state index contributed by atoms with van der Waals surface area (Å²) in [5.41, 5.74) is -0.230. The maximum atomic E-state index is 11.7. The van der Waals surface area contributed by atoms with Crippen LogP contribution in [-0.2, 0) is 14.3 Å². The third-order valence-corrected chi connectivity index (χ3v) is 2.28. The van der Waals surface area contributed by atoms with Crippen molar-refractivity contribution >= 4 is 11.9 Å². The smallest absolute Gasteiger partial charge is 0.305 e. The molecule has 0 N–H and O–H groups in total. The second-order valence-corrected chi connectivity index (χ2v) is 4.64. The average Bonchev–Trinajstić information content (AvgIpc) is 2.21. The maximum absolute atomic E-state index is 11.7. The first-order valence-electron chi connectivity index (χ1n) is 5.79. The largest absolute Gasteiger partial charge is 0.464 e. The van der Waals surface area contributed by atoms with Gasteiger partial charge in [0, 0.05) is 18.4 Å². The Hall–Kier alpha value is -1.06. The van der Waals surface area contributed by atoms with Crippen molar-refractivity contribution in [1.29, 1.82) is 0 Å². The molecule has 0 saturated heterocycles. The van der Waals surface area contributed by atoms with Crippen LogP contribution in [0.3, 0.4) is 0 Å². The molecular formula is C12H23NO3. The van der Waals surface area contributed by atoms with E-state index in [2.05, 4.69) is 0 Å². The van der Waals surface area contributed by atoms with Crippen LogP contribution in [0.4, 0.5) is 0 Å². The minimum absolute atomic E-state index is 0.0834. The third-order valence-electron chi connectivity index (χ3n) is 2.28. The van der Waals surface area contributed by atoms with Gasteiger partial charge in [-0.1, -0.05) is 13.8 Å². The van der Waals surface area contributed by atoms with Crippen molar-refractivity contribution in [3.05, 3.63) is 0 Å². The standard InChI is InChI=1S/C12H23NO3/c1-6-10(14)13(12(3,4)5)8-9-16-11(15)7-2/h6-9H2,1-5H3. The number of hydrogen-bond acceptors (Lipinski definition) is 3. The number of hydrogen-bond donors (Lipinski definition) is 0. The molecule has 94 valence electrons. The number of esters is 1. The molecule has 0 aliphatic rings. The van der Waals surface area contributed by atoms with E-state index in [1.807, 2.05) is 27.7 Å². The van der Waals surface area contributed by atoms with Crippen molar-refractivity contribution < 1.29 is 14.3 Å². The number of carbonyl (C=O) groups excluding carboxylic acids is 2. The molecule has 0 spiro atoms. The minimum atomic E-state index is -0.230. The molecule has 0 unspecified atom stereocenters. The normalized spacial score (nSPS) is 11.1. The molecule has 0 heterocycles. The monoisotopic (exact) mass is 229 g/mol. The summed E-state index contributed by atoms with van der Waals surface area (Å²) in [7, 11) is 0. The van der Waals surface area contributed by atoms with E-state index in [0.29, 0.717) is 19.4 Å². The predicted molar refractivity (Wildman–Crippen MR) is 63.0 cm³/mol. The maximum Gasteiger partial charge on any atom is 0.305 e. The predicted octanol–water partition coefficient (Wildman–Crippen LogP) is 1.98. The zero-order valence-electron chi connectivity index (χ0n) is 11.0. The fraction of sp³-hybridized carbons (Fsp3) is 0.833. The van der Waals surface area contributed by atoms with Crippen LogP contribution < -0.4 is 0 Å². The Kier molecular flexibility index (Phi) is 6.08. The van der Waals surface area contributed by atoms with Gasteiger partial charge in [-0.3, -0.25) is 9.59 Å². The topological polar surface area (TPSA) is 46.6 Å². The molecule has 0 aliphatic carbocycles. The first-order chi connectivity index (χ1) is 7.32. The van der Waals surface area contributed by atoms with Crippen molar-refractivity contribution in [3.63, 3.8) is 0 Å². The summed E-state index contributed by atoms with van der Waals surface area (Å²) in [6.07, 6.45) is 0.843. The Bertz CT molecular complexity index is 243. The highest BCUT2D eigenvalue weighted by molar-refractivity contribution is 5.76. The SMILES string of the molecule is CCC(=O)OCCN(C(=O)CC)C(C)(C)C. The van der Waals surface area contributed by atoms with Crippen molar-refractivity contribution in [2.75, 3.05) is 13.2 Å². The van der Waals surface area contributed by atoms with Gasteiger partial charge in [-0.2, -0.15) is 0 Å². The first kappa shape index (κ1) is 14.9. The van der Waals surface area contributed by atoms with Gasteiger partial charge in [0.1, 0.15) is 6.61 Å². The Morgan fingerprint density at radius 2 is 1.69 bits per heavy atom. The summed E-state index contributed by atoms with van der Waals surface area (Å²) in [5.74, 6) is -0.141. The molecular weight excluding hydrogens is 206 g/mol. The fourth-order valence-corrected chi connectivity index (χ4v) is 1.38. The van der Waals surface area contributed by atoms with Gasteiger partial charge >= 0.3 is 5.97 Å². The summed E-state index contributed by atoms with van der Waals surface area (Å²) in [6.45, 7) is 10.2. The van der Waals surface area contributed by atoms with Crippen LogP contribution in [0.15, 0.2) is 0 Å². The molecule has 0 bridgehead atoms. The number of carbonyl (C=O) groups is 2. The molecule has 4 heteroatoms. The Morgan fingerprint density at radius 3 is 2.06 bits per heavy atom. The van der Waals surface area contributed by atoms with E-state index in [0.717, 1.165) is 0 Å². The van der Waals surface area contributed by atoms with Crippen LogP contribution in [0.5, 0.6) is 0 Å². The van der Waals surface area contributed by atoms with Crippen LogP contribution in [0.1, 0.15) is 47.5 Å². The highest BCUT2D eigenvalue weighted by Gasteiger charge is 2.24. The summed E-state index contributed by atoms with van der Waals surface area (Å²) in [6, 6.07) is 0. The summed E-state index contributed by atoms with van der Waals surface area (Å²) < 4.78 is 4.98. The number of amides is 1. The van der Waals surface area contributed by atoms with Gasteiger partial charge < -0.3 is 9.64 Å². The summed E-state index contributed by atoms with van der Waals surface area (Å²) >= 11 is 0. The van der Waals surface area contributed by atoms with E-state index in [9.17, 15) is 9.59 Å². The van der Waals surface area contributed by atoms with Crippen LogP contribution in [0, 0.1) is 0 Å². The Morgan fingerprint density at radius 1 is 1.12 bits per heavy atom. The second-order valence-electron chi connectivity index (χ2n) is 4.64. The zero-order valence-corrected chi connectivity index (χ0v) is 11.0. The van der Waals surface area contributed by atoms with Gasteiger partial charge in [-0.05, 0) is 20.8 Å². The van der Waals surface area contributed by atoms with Gasteiger partial charge in [0.05, 0.1) is 6.54 Å². The molecule has 4 nitrogen and oxygen atoms in total. The average molecular weight is 229 g/mol. The molecule has 0 radical (unpaired) electrons. The number of ether oxygens (including phenoxy) is 1. The van der Waals surface area contributed by atoms with Gasteiger partial charge in [0.2, 0.25) is 5.91 Å². The highest BCUT2D eigenvalue weighted by Crippen LogP contribution is 2.14. The van der Waals surface area contributed by atoms with Crippen LogP contribution in [0.2, 0.25) is 0 Å².